The van der Waals surface area contributed by atoms with E-state index in [0.29, 0.717) is 0 Å². The van der Waals surface area contributed by atoms with Gasteiger partial charge >= 0.3 is 0 Å². The van der Waals surface area contributed by atoms with Gasteiger partial charge < -0.3 is 0 Å². The van der Waals surface area contributed by atoms with Crippen molar-refractivity contribution in [2.45, 2.75) is 0 Å². The fourth-order valence-corrected chi connectivity index (χ4v) is 1.90. The molecule has 82 valence electrons. The van der Waals surface area contributed by atoms with E-state index in [9.17, 15) is 0 Å². The van der Waals surface area contributed by atoms with E-state index in [1.54, 1.807) is 12.1 Å². The second-order valence-electron chi connectivity index (χ2n) is 2.23. The number of halogens is 4. The summed E-state index contributed by atoms with van der Waals surface area (Å²) in [6.45, 7) is 6.00. The summed E-state index contributed by atoms with van der Waals surface area (Å²) in [5, 5.41) is 17.2. The van der Waals surface area contributed by atoms with Gasteiger partial charge in [-0.15, -0.1) is 13.2 Å². The van der Waals surface area contributed by atoms with Gasteiger partial charge in [0, 0.05) is 0 Å². The zero-order chi connectivity index (χ0) is 12.9. The maximum absolute atomic E-state index is 8.70. The third-order valence-corrected chi connectivity index (χ3v) is 3.19. The molecule has 0 aliphatic rings. The largest absolute Gasteiger partial charge is 0.192 e. The third kappa shape index (κ3) is 2.61. The highest BCUT2D eigenvalue weighted by Gasteiger charge is 2.19. The molecule has 0 aliphatic carbocycles. The van der Waals surface area contributed by atoms with Crippen molar-refractivity contribution in [2.24, 2.45) is 0 Å². The first-order chi connectivity index (χ1) is 7.54. The Labute approximate surface area is 113 Å². The van der Waals surface area contributed by atoms with Gasteiger partial charge in [0.25, 0.3) is 0 Å². The van der Waals surface area contributed by atoms with Gasteiger partial charge in [-0.1, -0.05) is 46.4 Å². The molecule has 0 amide bonds. The number of rotatable bonds is 0. The Kier molecular flexibility index (Phi) is 6.26. The molecule has 0 N–H and O–H groups in total. The Bertz CT molecular complexity index is 456. The minimum atomic E-state index is -0.0746. The van der Waals surface area contributed by atoms with Crippen molar-refractivity contribution in [1.82, 2.24) is 0 Å². The van der Waals surface area contributed by atoms with E-state index in [1.807, 2.05) is 0 Å². The van der Waals surface area contributed by atoms with Crippen LogP contribution in [0.2, 0.25) is 20.1 Å². The lowest BCUT2D eigenvalue weighted by Crippen LogP contribution is -1.89. The van der Waals surface area contributed by atoms with Crippen LogP contribution in [0.4, 0.5) is 0 Å². The highest BCUT2D eigenvalue weighted by atomic mass is 35.5. The Morgan fingerprint density at radius 2 is 1.00 bits per heavy atom. The lowest BCUT2D eigenvalue weighted by molar-refractivity contribution is 1.45. The molecule has 6 heteroatoms. The molecule has 1 rings (SSSR count). The van der Waals surface area contributed by atoms with Gasteiger partial charge in [-0.2, -0.15) is 10.5 Å². The molecule has 0 spiro atoms. The molecule has 0 fully saturated rings. The van der Waals surface area contributed by atoms with Crippen molar-refractivity contribution >= 4 is 46.4 Å². The normalized spacial score (nSPS) is 8.38. The second-order valence-corrected chi connectivity index (χ2v) is 3.74. The molecular formula is C10H4Cl4N2. The van der Waals surface area contributed by atoms with E-state index in [2.05, 4.69) is 13.2 Å². The van der Waals surface area contributed by atoms with Gasteiger partial charge in [-0.3, -0.25) is 0 Å². The molecule has 1 aromatic rings. The minimum absolute atomic E-state index is 0.0363. The molecule has 0 saturated carbocycles. The quantitative estimate of drug-likeness (QED) is 0.390. The average Bonchev–Trinajstić information content (AvgIpc) is 2.30. The molecular weight excluding hydrogens is 290 g/mol. The summed E-state index contributed by atoms with van der Waals surface area (Å²) >= 11 is 22.8. The maximum atomic E-state index is 8.70. The minimum Gasteiger partial charge on any atom is -0.192 e. The van der Waals surface area contributed by atoms with E-state index < -0.39 is 0 Å². The fraction of sp³-hybridized carbons (Fsp3) is 0. The molecule has 1 aromatic carbocycles. The standard InChI is InChI=1S/C8Cl4N2.C2H4/c9-5-3(1-13)6(10)8(12)7(11)4(5)2-14;1-2/h;1-2H2. The molecule has 0 bridgehead atoms. The van der Waals surface area contributed by atoms with Crippen LogP contribution in [0.15, 0.2) is 13.2 Å². The molecule has 16 heavy (non-hydrogen) atoms. The lowest BCUT2D eigenvalue weighted by atomic mass is 10.1. The molecule has 0 aliphatic heterocycles. The van der Waals surface area contributed by atoms with Crippen LogP contribution in [0, 0.1) is 22.7 Å². The van der Waals surface area contributed by atoms with Crippen molar-refractivity contribution in [1.29, 1.82) is 10.5 Å². The van der Waals surface area contributed by atoms with Gasteiger partial charge in [0.15, 0.2) is 0 Å². The number of nitriles is 2. The molecule has 0 aromatic heterocycles. The zero-order valence-electron chi connectivity index (χ0n) is 7.82. The van der Waals surface area contributed by atoms with Crippen molar-refractivity contribution in [2.75, 3.05) is 0 Å². The van der Waals surface area contributed by atoms with Crippen LogP contribution in [0.1, 0.15) is 11.1 Å². The van der Waals surface area contributed by atoms with E-state index in [0.717, 1.165) is 0 Å². The van der Waals surface area contributed by atoms with Crippen LogP contribution in [-0.2, 0) is 0 Å². The number of nitrogens with zero attached hydrogens (tertiary/aromatic N) is 2. The van der Waals surface area contributed by atoms with Crippen molar-refractivity contribution in [3.8, 4) is 12.1 Å². The average molecular weight is 294 g/mol. The second kappa shape index (κ2) is 6.63. The van der Waals surface area contributed by atoms with Crippen LogP contribution in [0.5, 0.6) is 0 Å². The Balaban J connectivity index is 0.00000106. The third-order valence-electron chi connectivity index (χ3n) is 1.49. The molecule has 0 saturated heterocycles. The SMILES string of the molecule is C=C.N#Cc1c(Cl)c(Cl)c(Cl)c(C#N)c1Cl. The summed E-state index contributed by atoms with van der Waals surface area (Å²) in [5.74, 6) is 0. The predicted octanol–water partition coefficient (Wildman–Crippen LogP) is 4.85. The van der Waals surface area contributed by atoms with Crippen molar-refractivity contribution < 1.29 is 0 Å². The number of hydrogen-bond donors (Lipinski definition) is 0. The monoisotopic (exact) mass is 292 g/mol. The first-order valence-electron chi connectivity index (χ1n) is 3.70. The molecule has 0 radical (unpaired) electrons. The first-order valence-corrected chi connectivity index (χ1v) is 5.22. The maximum Gasteiger partial charge on any atom is 0.102 e. The van der Waals surface area contributed by atoms with Crippen LogP contribution < -0.4 is 0 Å². The number of benzene rings is 1. The van der Waals surface area contributed by atoms with E-state index in [4.69, 9.17) is 56.9 Å². The van der Waals surface area contributed by atoms with Crippen LogP contribution in [0.25, 0.3) is 0 Å². The molecule has 0 heterocycles. The van der Waals surface area contributed by atoms with Crippen molar-refractivity contribution in [3.05, 3.63) is 44.4 Å². The summed E-state index contributed by atoms with van der Waals surface area (Å²) in [7, 11) is 0. The van der Waals surface area contributed by atoms with Crippen LogP contribution in [0.3, 0.4) is 0 Å². The Hall–Kier alpha value is -0.900. The van der Waals surface area contributed by atoms with Gasteiger partial charge in [0.1, 0.15) is 12.1 Å². The fourth-order valence-electron chi connectivity index (χ4n) is 0.830. The summed E-state index contributed by atoms with van der Waals surface area (Å²) in [6.07, 6.45) is 0. The Morgan fingerprint density at radius 1 is 0.688 bits per heavy atom. The zero-order valence-corrected chi connectivity index (χ0v) is 10.8. The molecule has 0 atom stereocenters. The predicted molar refractivity (Wildman–Crippen MR) is 67.2 cm³/mol. The summed E-state index contributed by atoms with van der Waals surface area (Å²) < 4.78 is 0. The highest BCUT2D eigenvalue weighted by Crippen LogP contribution is 2.40. The van der Waals surface area contributed by atoms with Crippen molar-refractivity contribution in [3.63, 3.8) is 0 Å². The lowest BCUT2D eigenvalue weighted by Gasteiger charge is -2.05. The van der Waals surface area contributed by atoms with Gasteiger partial charge in [0.05, 0.1) is 31.2 Å². The summed E-state index contributed by atoms with van der Waals surface area (Å²) in [4.78, 5) is 0. The Morgan fingerprint density at radius 3 is 1.25 bits per heavy atom. The van der Waals surface area contributed by atoms with Crippen LogP contribution >= 0.6 is 46.4 Å². The molecule has 2 nitrogen and oxygen atoms in total. The van der Waals surface area contributed by atoms with Gasteiger partial charge in [-0.25, -0.2) is 0 Å². The van der Waals surface area contributed by atoms with E-state index in [1.165, 1.54) is 0 Å². The van der Waals surface area contributed by atoms with E-state index in [-0.39, 0.29) is 31.2 Å². The first kappa shape index (κ1) is 15.1. The summed E-state index contributed by atoms with van der Waals surface area (Å²) in [5.41, 5.74) is -0.0847. The summed E-state index contributed by atoms with van der Waals surface area (Å²) in [6, 6.07) is 3.50. The highest BCUT2D eigenvalue weighted by molar-refractivity contribution is 6.50. The smallest absolute Gasteiger partial charge is 0.102 e. The van der Waals surface area contributed by atoms with Gasteiger partial charge in [0.2, 0.25) is 0 Å². The molecule has 0 unspecified atom stereocenters. The van der Waals surface area contributed by atoms with Crippen LogP contribution in [-0.4, -0.2) is 0 Å². The van der Waals surface area contributed by atoms with Gasteiger partial charge in [-0.05, 0) is 0 Å². The van der Waals surface area contributed by atoms with E-state index >= 15 is 0 Å². The topological polar surface area (TPSA) is 47.6 Å². The number of hydrogen-bond acceptors (Lipinski definition) is 2.